The van der Waals surface area contributed by atoms with E-state index >= 15 is 0 Å². The number of nitrogens with one attached hydrogen (secondary N) is 1. The minimum Gasteiger partial charge on any atom is -0.480 e. The zero-order valence-electron chi connectivity index (χ0n) is 28.0. The van der Waals surface area contributed by atoms with Gasteiger partial charge in [-0.15, -0.1) is 0 Å². The highest BCUT2D eigenvalue weighted by molar-refractivity contribution is 5.80. The second kappa shape index (κ2) is 33.0. The Hall–Kier alpha value is -2.89. The van der Waals surface area contributed by atoms with Gasteiger partial charge >= 0.3 is 11.9 Å². The van der Waals surface area contributed by atoms with E-state index in [1.807, 2.05) is 12.2 Å². The third kappa shape index (κ3) is 32.0. The summed E-state index contributed by atoms with van der Waals surface area (Å²) >= 11 is 0. The van der Waals surface area contributed by atoms with Gasteiger partial charge in [0, 0.05) is 6.42 Å². The van der Waals surface area contributed by atoms with Crippen LogP contribution in [-0.4, -0.2) is 35.6 Å². The number of carboxylic acids is 1. The van der Waals surface area contributed by atoms with Crippen molar-refractivity contribution in [3.05, 3.63) is 60.8 Å². The first-order valence-corrected chi connectivity index (χ1v) is 17.4. The van der Waals surface area contributed by atoms with E-state index in [1.165, 1.54) is 38.5 Å². The van der Waals surface area contributed by atoms with Crippen LogP contribution in [0.25, 0.3) is 0 Å². The summed E-state index contributed by atoms with van der Waals surface area (Å²) < 4.78 is 5.89. The molecule has 6 nitrogen and oxygen atoms in total. The van der Waals surface area contributed by atoms with Gasteiger partial charge in [-0.25, -0.2) is 0 Å². The molecule has 0 bridgehead atoms. The highest BCUT2D eigenvalue weighted by atomic mass is 16.5. The second-order valence-electron chi connectivity index (χ2n) is 11.4. The monoisotopic (exact) mass is 613 g/mol. The lowest BCUT2D eigenvalue weighted by atomic mass is 10.0. The predicted octanol–water partition coefficient (Wildman–Crippen LogP) is 10.1. The summed E-state index contributed by atoms with van der Waals surface area (Å²) in [5.41, 5.74) is 0. The lowest BCUT2D eigenvalue weighted by Crippen LogP contribution is -2.28. The minimum atomic E-state index is -1.03. The van der Waals surface area contributed by atoms with E-state index in [4.69, 9.17) is 9.84 Å². The van der Waals surface area contributed by atoms with Gasteiger partial charge in [-0.3, -0.25) is 14.4 Å². The van der Waals surface area contributed by atoms with E-state index in [0.717, 1.165) is 83.5 Å². The van der Waals surface area contributed by atoms with Gasteiger partial charge in [0.2, 0.25) is 5.91 Å². The van der Waals surface area contributed by atoms with Gasteiger partial charge in [0.1, 0.15) is 12.6 Å². The third-order valence-corrected chi connectivity index (χ3v) is 7.24. The normalized spacial score (nSPS) is 12.8. The summed E-state index contributed by atoms with van der Waals surface area (Å²) in [6, 6.07) is 0. The van der Waals surface area contributed by atoms with Crippen molar-refractivity contribution in [2.24, 2.45) is 0 Å². The molecule has 1 atom stereocenters. The standard InChI is InChI=1S/C38H63NO5/c1-3-5-7-9-11-12-13-14-15-16-17-18-20-25-29-33-38(43)44-35(30-26-22-19-10-8-6-4-2)31-27-23-21-24-28-32-36(40)39-34-37(41)42/h5,7,11-12,14-15,17-18,25,29,35H,3-4,6,8-10,13,16,19-24,26-28,30-34H2,1-2H3,(H,39,40)(H,41,42)/b7-5-,12-11-,15-14-,18-17-,29-25-. The SMILES string of the molecule is CC/C=C\C/C=C\C/C=C\C/C=C\C/C=C\CC(=O)OC(CCCCCCCCC)CCCCCCCC(=O)NCC(=O)O. The van der Waals surface area contributed by atoms with Gasteiger partial charge in [0.25, 0.3) is 0 Å². The molecule has 0 fully saturated rings. The molecule has 0 spiro atoms. The summed E-state index contributed by atoms with van der Waals surface area (Å²) in [7, 11) is 0. The molecule has 0 saturated heterocycles. The quantitative estimate of drug-likeness (QED) is 0.0478. The van der Waals surface area contributed by atoms with E-state index in [0.29, 0.717) is 12.8 Å². The van der Waals surface area contributed by atoms with Gasteiger partial charge < -0.3 is 15.2 Å². The van der Waals surface area contributed by atoms with Crippen molar-refractivity contribution >= 4 is 17.8 Å². The van der Waals surface area contributed by atoms with Crippen LogP contribution in [0.5, 0.6) is 0 Å². The molecule has 1 unspecified atom stereocenters. The van der Waals surface area contributed by atoms with Crippen LogP contribution in [-0.2, 0) is 19.1 Å². The van der Waals surface area contributed by atoms with E-state index in [2.05, 4.69) is 67.8 Å². The van der Waals surface area contributed by atoms with Crippen LogP contribution < -0.4 is 5.32 Å². The number of aliphatic carboxylic acids is 1. The van der Waals surface area contributed by atoms with Crippen LogP contribution in [0.3, 0.4) is 0 Å². The molecule has 0 aromatic carbocycles. The zero-order valence-corrected chi connectivity index (χ0v) is 28.0. The highest BCUT2D eigenvalue weighted by Gasteiger charge is 2.13. The first-order chi connectivity index (χ1) is 21.5. The molecule has 0 aliphatic carbocycles. The molecule has 44 heavy (non-hydrogen) atoms. The number of carbonyl (C=O) groups excluding carboxylic acids is 2. The average Bonchev–Trinajstić information content (AvgIpc) is 3.00. The zero-order chi connectivity index (χ0) is 32.4. The van der Waals surface area contributed by atoms with E-state index in [1.54, 1.807) is 0 Å². The summed E-state index contributed by atoms with van der Waals surface area (Å²) in [6.07, 6.45) is 42.1. The lowest BCUT2D eigenvalue weighted by molar-refractivity contribution is -0.148. The number of allylic oxidation sites excluding steroid dienone is 9. The molecule has 0 saturated carbocycles. The van der Waals surface area contributed by atoms with Gasteiger partial charge in [-0.2, -0.15) is 0 Å². The average molecular weight is 614 g/mol. The summed E-state index contributed by atoms with van der Waals surface area (Å²) in [5.74, 6) is -1.38. The Morgan fingerprint density at radius 3 is 1.57 bits per heavy atom. The van der Waals surface area contributed by atoms with E-state index in [9.17, 15) is 14.4 Å². The molecule has 2 N–H and O–H groups in total. The fraction of sp³-hybridized carbons (Fsp3) is 0.658. The molecule has 0 radical (unpaired) electrons. The number of carboxylic acid groups (broad SMARTS) is 1. The largest absolute Gasteiger partial charge is 0.480 e. The van der Waals surface area contributed by atoms with Gasteiger partial charge in [-0.05, 0) is 64.2 Å². The van der Waals surface area contributed by atoms with E-state index in [-0.39, 0.29) is 24.5 Å². The maximum atomic E-state index is 12.5. The Labute approximate surface area is 269 Å². The lowest BCUT2D eigenvalue weighted by Gasteiger charge is -2.18. The van der Waals surface area contributed by atoms with Crippen LogP contribution in [0.4, 0.5) is 0 Å². The Balaban J connectivity index is 4.28. The highest BCUT2D eigenvalue weighted by Crippen LogP contribution is 2.18. The fourth-order valence-corrected chi connectivity index (χ4v) is 4.71. The molecule has 1 amide bonds. The number of ether oxygens (including phenoxy) is 1. The third-order valence-electron chi connectivity index (χ3n) is 7.24. The first-order valence-electron chi connectivity index (χ1n) is 17.4. The van der Waals surface area contributed by atoms with Crippen molar-refractivity contribution < 1.29 is 24.2 Å². The summed E-state index contributed by atoms with van der Waals surface area (Å²) in [6.45, 7) is 4.06. The van der Waals surface area contributed by atoms with Crippen molar-refractivity contribution in [1.29, 1.82) is 0 Å². The molecule has 0 aliphatic rings. The molecule has 250 valence electrons. The predicted molar refractivity (Wildman–Crippen MR) is 185 cm³/mol. The van der Waals surface area contributed by atoms with Gasteiger partial charge in [0.05, 0.1) is 6.42 Å². The van der Waals surface area contributed by atoms with Crippen molar-refractivity contribution in [3.8, 4) is 0 Å². The number of hydrogen-bond acceptors (Lipinski definition) is 4. The molecule has 0 aliphatic heterocycles. The molecule has 0 heterocycles. The Morgan fingerprint density at radius 1 is 0.614 bits per heavy atom. The maximum Gasteiger partial charge on any atom is 0.322 e. The molecular formula is C38H63NO5. The van der Waals surface area contributed by atoms with Crippen LogP contribution in [0.2, 0.25) is 0 Å². The second-order valence-corrected chi connectivity index (χ2v) is 11.4. The number of amides is 1. The number of carbonyl (C=O) groups is 3. The van der Waals surface area contributed by atoms with Crippen molar-refractivity contribution in [2.45, 2.75) is 155 Å². The fourth-order valence-electron chi connectivity index (χ4n) is 4.71. The topological polar surface area (TPSA) is 92.7 Å². The van der Waals surface area contributed by atoms with Crippen LogP contribution >= 0.6 is 0 Å². The Bertz CT molecular complexity index is 855. The van der Waals surface area contributed by atoms with Crippen LogP contribution in [0, 0.1) is 0 Å². The first kappa shape index (κ1) is 41.1. The van der Waals surface area contributed by atoms with Gasteiger partial charge in [-0.1, -0.05) is 132 Å². The Morgan fingerprint density at radius 2 is 1.07 bits per heavy atom. The smallest absolute Gasteiger partial charge is 0.322 e. The Kier molecular flexibility index (Phi) is 30.8. The number of hydrogen-bond donors (Lipinski definition) is 2. The molecule has 6 heteroatoms. The van der Waals surface area contributed by atoms with Crippen molar-refractivity contribution in [3.63, 3.8) is 0 Å². The number of rotatable bonds is 30. The molecule has 0 aromatic rings. The van der Waals surface area contributed by atoms with Crippen LogP contribution in [0.15, 0.2) is 60.8 Å². The summed E-state index contributed by atoms with van der Waals surface area (Å²) in [4.78, 5) is 34.7. The molecule has 0 rings (SSSR count). The van der Waals surface area contributed by atoms with E-state index < -0.39 is 5.97 Å². The minimum absolute atomic E-state index is 0.0253. The number of unbranched alkanes of at least 4 members (excludes halogenated alkanes) is 10. The molecular weight excluding hydrogens is 550 g/mol. The van der Waals surface area contributed by atoms with Crippen molar-refractivity contribution in [1.82, 2.24) is 5.32 Å². The van der Waals surface area contributed by atoms with Crippen LogP contribution in [0.1, 0.15) is 149 Å². The van der Waals surface area contributed by atoms with Crippen molar-refractivity contribution in [2.75, 3.05) is 6.54 Å². The van der Waals surface area contributed by atoms with Gasteiger partial charge in [0.15, 0.2) is 0 Å². The maximum absolute atomic E-state index is 12.5. The number of esters is 1. The summed E-state index contributed by atoms with van der Waals surface area (Å²) in [5, 5.41) is 11.0. The molecule has 0 aromatic heterocycles.